The van der Waals surface area contributed by atoms with Crippen LogP contribution in [0.1, 0.15) is 20.7 Å². The van der Waals surface area contributed by atoms with Gasteiger partial charge in [-0.25, -0.2) is 0 Å². The monoisotopic (exact) mass is 481 g/mol. The number of rotatable bonds is 4. The Kier molecular flexibility index (Phi) is 4.88. The summed E-state index contributed by atoms with van der Waals surface area (Å²) in [6.07, 6.45) is 0. The maximum absolute atomic E-state index is 12.4. The largest absolute Gasteiger partial charge is 0.323 e. The van der Waals surface area contributed by atoms with Crippen molar-refractivity contribution < 1.29 is 19.3 Å². The van der Waals surface area contributed by atoms with Crippen LogP contribution in [0.5, 0.6) is 0 Å². The second-order valence-electron chi connectivity index (χ2n) is 5.36. The summed E-state index contributed by atoms with van der Waals surface area (Å²) >= 11 is 6.59. The van der Waals surface area contributed by atoms with E-state index in [1.807, 2.05) is 0 Å². The molecule has 3 amide bonds. The van der Waals surface area contributed by atoms with E-state index in [0.717, 1.165) is 21.5 Å². The van der Waals surface area contributed by atoms with E-state index >= 15 is 0 Å². The average Bonchev–Trinajstić information content (AvgIpc) is 2.82. The fourth-order valence-corrected chi connectivity index (χ4v) is 3.61. The quantitative estimate of drug-likeness (QED) is 0.408. The standard InChI is InChI=1S/C16H9Br2N3O5/c17-8-1-4-13(12(18)5-8)19-14(22)7-20-15(23)10-3-2-9(21(25)26)6-11(10)16(20)24/h1-6H,7H2,(H,19,22). The van der Waals surface area contributed by atoms with Gasteiger partial charge in [0.05, 0.1) is 21.7 Å². The molecule has 0 bridgehead atoms. The zero-order chi connectivity index (χ0) is 19.0. The Morgan fingerprint density at radius 3 is 2.42 bits per heavy atom. The van der Waals surface area contributed by atoms with E-state index in [1.54, 1.807) is 18.2 Å². The number of nitrogens with zero attached hydrogens (tertiary/aromatic N) is 2. The first-order chi connectivity index (χ1) is 12.3. The summed E-state index contributed by atoms with van der Waals surface area (Å²) in [6, 6.07) is 8.51. The van der Waals surface area contributed by atoms with E-state index in [4.69, 9.17) is 0 Å². The van der Waals surface area contributed by atoms with E-state index < -0.39 is 29.2 Å². The van der Waals surface area contributed by atoms with Gasteiger partial charge in [0.2, 0.25) is 5.91 Å². The first-order valence-electron chi connectivity index (χ1n) is 7.17. The van der Waals surface area contributed by atoms with E-state index in [0.29, 0.717) is 10.2 Å². The van der Waals surface area contributed by atoms with Gasteiger partial charge in [-0.1, -0.05) is 15.9 Å². The summed E-state index contributed by atoms with van der Waals surface area (Å²) in [5.74, 6) is -1.97. The number of benzene rings is 2. The lowest BCUT2D eigenvalue weighted by molar-refractivity contribution is -0.384. The van der Waals surface area contributed by atoms with Gasteiger partial charge in [0.25, 0.3) is 17.5 Å². The van der Waals surface area contributed by atoms with Crippen LogP contribution in [0.2, 0.25) is 0 Å². The molecule has 0 aliphatic carbocycles. The fourth-order valence-electron chi connectivity index (χ4n) is 2.46. The van der Waals surface area contributed by atoms with Crippen LogP contribution in [-0.2, 0) is 4.79 Å². The second-order valence-corrected chi connectivity index (χ2v) is 7.13. The summed E-state index contributed by atoms with van der Waals surface area (Å²) in [4.78, 5) is 47.9. The third-order valence-electron chi connectivity index (χ3n) is 3.67. The summed E-state index contributed by atoms with van der Waals surface area (Å²) in [5, 5.41) is 13.4. The van der Waals surface area contributed by atoms with Crippen molar-refractivity contribution in [2.24, 2.45) is 0 Å². The van der Waals surface area contributed by atoms with Crippen LogP contribution in [0.3, 0.4) is 0 Å². The maximum atomic E-state index is 12.4. The number of imide groups is 1. The van der Waals surface area contributed by atoms with Gasteiger partial charge in [0, 0.05) is 21.1 Å². The van der Waals surface area contributed by atoms with Crippen molar-refractivity contribution >= 4 is 61.0 Å². The number of hydrogen-bond acceptors (Lipinski definition) is 5. The molecule has 2 aromatic rings. The lowest BCUT2D eigenvalue weighted by Gasteiger charge is -2.14. The topological polar surface area (TPSA) is 110 Å². The minimum atomic E-state index is -0.737. The highest BCUT2D eigenvalue weighted by Crippen LogP contribution is 2.28. The highest BCUT2D eigenvalue weighted by molar-refractivity contribution is 9.11. The molecular formula is C16H9Br2N3O5. The van der Waals surface area contributed by atoms with Crippen LogP contribution in [0, 0.1) is 10.1 Å². The Balaban J connectivity index is 1.78. The van der Waals surface area contributed by atoms with Gasteiger partial charge < -0.3 is 5.32 Å². The molecule has 8 nitrogen and oxygen atoms in total. The van der Waals surface area contributed by atoms with Crippen molar-refractivity contribution in [3.05, 3.63) is 66.6 Å². The number of non-ortho nitro benzene ring substituents is 1. The predicted molar refractivity (Wildman–Crippen MR) is 98.9 cm³/mol. The lowest BCUT2D eigenvalue weighted by atomic mass is 10.1. The smallest absolute Gasteiger partial charge is 0.270 e. The molecule has 10 heteroatoms. The molecule has 0 atom stereocenters. The van der Waals surface area contributed by atoms with Crippen LogP contribution in [-0.4, -0.2) is 34.1 Å². The first-order valence-corrected chi connectivity index (χ1v) is 8.76. The third-order valence-corrected chi connectivity index (χ3v) is 4.82. The normalized spacial score (nSPS) is 12.9. The van der Waals surface area contributed by atoms with Gasteiger partial charge in [-0.05, 0) is 40.2 Å². The number of nitro benzene ring substituents is 1. The number of carbonyl (C=O) groups is 3. The van der Waals surface area contributed by atoms with Crippen molar-refractivity contribution in [3.63, 3.8) is 0 Å². The summed E-state index contributed by atoms with van der Waals surface area (Å²) < 4.78 is 1.43. The molecule has 3 rings (SSSR count). The molecule has 0 unspecified atom stereocenters. The van der Waals surface area contributed by atoms with Crippen LogP contribution in [0.4, 0.5) is 11.4 Å². The Morgan fingerprint density at radius 2 is 1.77 bits per heavy atom. The Hall–Kier alpha value is -2.59. The molecule has 1 N–H and O–H groups in total. The maximum Gasteiger partial charge on any atom is 0.270 e. The molecule has 0 aromatic heterocycles. The van der Waals surface area contributed by atoms with Crippen molar-refractivity contribution in [1.82, 2.24) is 4.90 Å². The van der Waals surface area contributed by atoms with E-state index in [1.165, 1.54) is 6.07 Å². The predicted octanol–water partition coefficient (Wildman–Crippen LogP) is 3.35. The van der Waals surface area contributed by atoms with E-state index in [9.17, 15) is 24.5 Å². The first kappa shape index (κ1) is 18.2. The lowest BCUT2D eigenvalue weighted by Crippen LogP contribution is -2.37. The minimum absolute atomic E-state index is 0.0400. The molecule has 0 saturated heterocycles. The molecule has 0 fully saturated rings. The van der Waals surface area contributed by atoms with Crippen molar-refractivity contribution in [2.75, 3.05) is 11.9 Å². The van der Waals surface area contributed by atoms with Crippen LogP contribution in [0.15, 0.2) is 45.3 Å². The minimum Gasteiger partial charge on any atom is -0.323 e. The SMILES string of the molecule is O=C(CN1C(=O)c2ccc([N+](=O)[O-])cc2C1=O)Nc1ccc(Br)cc1Br. The van der Waals surface area contributed by atoms with Gasteiger partial charge in [-0.3, -0.25) is 29.4 Å². The average molecular weight is 483 g/mol. The number of halogens is 2. The number of nitro groups is 1. The fraction of sp³-hybridized carbons (Fsp3) is 0.0625. The molecule has 132 valence electrons. The molecule has 1 aliphatic heterocycles. The molecule has 0 radical (unpaired) electrons. The summed E-state index contributed by atoms with van der Waals surface area (Å²) in [7, 11) is 0. The second kappa shape index (κ2) is 6.96. The number of carbonyl (C=O) groups excluding carboxylic acids is 3. The van der Waals surface area contributed by atoms with Crippen LogP contribution >= 0.6 is 31.9 Å². The van der Waals surface area contributed by atoms with E-state index in [2.05, 4.69) is 37.2 Å². The Bertz CT molecular complexity index is 976. The molecule has 0 saturated carbocycles. The Morgan fingerprint density at radius 1 is 1.08 bits per heavy atom. The number of amides is 3. The van der Waals surface area contributed by atoms with E-state index in [-0.39, 0.29) is 16.8 Å². The van der Waals surface area contributed by atoms with Crippen molar-refractivity contribution in [1.29, 1.82) is 0 Å². The number of hydrogen-bond donors (Lipinski definition) is 1. The number of anilines is 1. The number of nitrogens with one attached hydrogen (secondary N) is 1. The zero-order valence-corrected chi connectivity index (χ0v) is 16.0. The van der Waals surface area contributed by atoms with Gasteiger partial charge in [-0.15, -0.1) is 0 Å². The molecular weight excluding hydrogens is 474 g/mol. The van der Waals surface area contributed by atoms with Crippen LogP contribution < -0.4 is 5.32 Å². The third kappa shape index (κ3) is 3.37. The van der Waals surface area contributed by atoms with Gasteiger partial charge >= 0.3 is 0 Å². The van der Waals surface area contributed by atoms with Crippen LogP contribution in [0.25, 0.3) is 0 Å². The molecule has 2 aromatic carbocycles. The molecule has 1 aliphatic rings. The highest BCUT2D eigenvalue weighted by atomic mass is 79.9. The van der Waals surface area contributed by atoms with Gasteiger partial charge in [0.1, 0.15) is 6.54 Å². The zero-order valence-electron chi connectivity index (χ0n) is 12.9. The number of fused-ring (bicyclic) bond motifs is 1. The summed E-state index contributed by atoms with van der Waals surface area (Å²) in [6.45, 7) is -0.497. The molecule has 1 heterocycles. The van der Waals surface area contributed by atoms with Gasteiger partial charge in [0.15, 0.2) is 0 Å². The highest BCUT2D eigenvalue weighted by Gasteiger charge is 2.37. The van der Waals surface area contributed by atoms with Crippen molar-refractivity contribution in [2.45, 2.75) is 0 Å². The van der Waals surface area contributed by atoms with Crippen molar-refractivity contribution in [3.8, 4) is 0 Å². The molecule has 0 spiro atoms. The summed E-state index contributed by atoms with van der Waals surface area (Å²) in [5.41, 5.74) is 0.139. The molecule has 26 heavy (non-hydrogen) atoms. The Labute approximate surface area is 163 Å². The van der Waals surface area contributed by atoms with Gasteiger partial charge in [-0.2, -0.15) is 0 Å².